The van der Waals surface area contributed by atoms with E-state index in [0.29, 0.717) is 18.5 Å². The number of morpholine rings is 1. The Morgan fingerprint density at radius 2 is 1.79 bits per heavy atom. The summed E-state index contributed by atoms with van der Waals surface area (Å²) in [4.78, 5) is 11.8. The number of rotatable bonds is 6. The molecule has 1 N–H and O–H groups in total. The number of hydrogen-bond donors (Lipinski definition) is 1. The van der Waals surface area contributed by atoms with Gasteiger partial charge in [-0.15, -0.1) is 0 Å². The molecule has 0 amide bonds. The standard InChI is InChI=1S/C23H24N5O4P/c1-30-33(29,31-2)17-5-3-16(4-6-17)19-15-21(28-11-13-32-14-12-28)26-22-18(19)7-9-24-23(22)20-8-10-25-27-20/h3-10,15H,11-14H2,1-2H3,(H,25,27). The van der Waals surface area contributed by atoms with Crippen LogP contribution in [0.3, 0.4) is 0 Å². The number of nitrogens with one attached hydrogen (secondary N) is 1. The van der Waals surface area contributed by atoms with Crippen LogP contribution in [-0.2, 0) is 18.3 Å². The number of hydrogen-bond acceptors (Lipinski definition) is 8. The minimum absolute atomic E-state index is 0.503. The van der Waals surface area contributed by atoms with Crippen LogP contribution < -0.4 is 10.2 Å². The van der Waals surface area contributed by atoms with Crippen molar-refractivity contribution in [2.24, 2.45) is 0 Å². The fourth-order valence-corrected chi connectivity index (χ4v) is 5.11. The topological polar surface area (TPSA) is 102 Å². The summed E-state index contributed by atoms with van der Waals surface area (Å²) in [5, 5.41) is 8.53. The zero-order valence-electron chi connectivity index (χ0n) is 18.4. The van der Waals surface area contributed by atoms with Crippen LogP contribution in [0.1, 0.15) is 0 Å². The Bertz CT molecular complexity index is 1300. The van der Waals surface area contributed by atoms with Crippen molar-refractivity contribution < 1.29 is 18.3 Å². The van der Waals surface area contributed by atoms with E-state index in [1.54, 1.807) is 24.5 Å². The number of anilines is 1. The highest BCUT2D eigenvalue weighted by molar-refractivity contribution is 7.62. The van der Waals surface area contributed by atoms with E-state index < -0.39 is 7.60 Å². The third kappa shape index (κ3) is 4.05. The largest absolute Gasteiger partial charge is 0.378 e. The monoisotopic (exact) mass is 465 g/mol. The van der Waals surface area contributed by atoms with Crippen LogP contribution in [0.5, 0.6) is 0 Å². The number of fused-ring (bicyclic) bond motifs is 1. The fourth-order valence-electron chi connectivity index (χ4n) is 4.03. The maximum atomic E-state index is 12.8. The average molecular weight is 465 g/mol. The van der Waals surface area contributed by atoms with E-state index in [-0.39, 0.29) is 0 Å². The molecule has 1 aromatic carbocycles. The van der Waals surface area contributed by atoms with Crippen molar-refractivity contribution in [3.8, 4) is 22.5 Å². The zero-order chi connectivity index (χ0) is 22.8. The molecule has 1 aliphatic heterocycles. The lowest BCUT2D eigenvalue weighted by Gasteiger charge is -2.28. The number of pyridine rings is 2. The summed E-state index contributed by atoms with van der Waals surface area (Å²) < 4.78 is 28.5. The number of aromatic amines is 1. The quantitative estimate of drug-likeness (QED) is 0.431. The van der Waals surface area contributed by atoms with Gasteiger partial charge < -0.3 is 18.7 Å². The number of aromatic nitrogens is 4. The third-order valence-corrected chi connectivity index (χ3v) is 7.67. The predicted octanol–water partition coefficient (Wildman–Crippen LogP) is 3.63. The molecule has 9 nitrogen and oxygen atoms in total. The summed E-state index contributed by atoms with van der Waals surface area (Å²) >= 11 is 0. The normalized spacial score (nSPS) is 14.7. The van der Waals surface area contributed by atoms with Gasteiger partial charge in [-0.05, 0) is 41.5 Å². The number of ether oxygens (including phenoxy) is 1. The Morgan fingerprint density at radius 3 is 2.45 bits per heavy atom. The van der Waals surface area contributed by atoms with Crippen molar-refractivity contribution >= 4 is 29.6 Å². The molecule has 0 unspecified atom stereocenters. The Morgan fingerprint density at radius 1 is 1.03 bits per heavy atom. The first-order valence-corrected chi connectivity index (χ1v) is 12.1. The number of benzene rings is 1. The van der Waals surface area contributed by atoms with Gasteiger partial charge in [0.1, 0.15) is 17.0 Å². The van der Waals surface area contributed by atoms with Gasteiger partial charge in [0.05, 0.1) is 24.2 Å². The SMILES string of the molecule is COP(=O)(OC)c1ccc(-c2cc(N3CCOCC3)nc3c(-c4ccn[nH]4)nccc23)cc1. The molecule has 1 aliphatic rings. The van der Waals surface area contributed by atoms with Crippen LogP contribution in [0.25, 0.3) is 33.4 Å². The first kappa shape index (κ1) is 21.7. The lowest BCUT2D eigenvalue weighted by molar-refractivity contribution is 0.122. The summed E-state index contributed by atoms with van der Waals surface area (Å²) in [6.45, 7) is 2.85. The van der Waals surface area contributed by atoms with E-state index in [1.165, 1.54) is 14.2 Å². The van der Waals surface area contributed by atoms with Crippen LogP contribution in [0, 0.1) is 0 Å². The zero-order valence-corrected chi connectivity index (χ0v) is 19.3. The molecule has 1 fully saturated rings. The first-order valence-electron chi connectivity index (χ1n) is 10.6. The van der Waals surface area contributed by atoms with Crippen molar-refractivity contribution in [1.29, 1.82) is 0 Å². The molecule has 0 spiro atoms. The van der Waals surface area contributed by atoms with Crippen LogP contribution in [-0.4, -0.2) is 60.7 Å². The highest BCUT2D eigenvalue weighted by atomic mass is 31.2. The fraction of sp³-hybridized carbons (Fsp3) is 0.261. The average Bonchev–Trinajstić information content (AvgIpc) is 3.43. The van der Waals surface area contributed by atoms with Crippen LogP contribution >= 0.6 is 7.60 Å². The molecular weight excluding hydrogens is 441 g/mol. The van der Waals surface area contributed by atoms with Crippen LogP contribution in [0.4, 0.5) is 5.82 Å². The Labute approximate surface area is 191 Å². The maximum Gasteiger partial charge on any atom is 0.360 e. The summed E-state index contributed by atoms with van der Waals surface area (Å²) in [6.07, 6.45) is 3.47. The van der Waals surface area contributed by atoms with E-state index in [0.717, 1.165) is 52.3 Å². The molecule has 5 rings (SSSR count). The van der Waals surface area contributed by atoms with E-state index in [1.807, 2.05) is 24.3 Å². The lowest BCUT2D eigenvalue weighted by Crippen LogP contribution is -2.36. The highest BCUT2D eigenvalue weighted by Gasteiger charge is 2.24. The molecule has 10 heteroatoms. The van der Waals surface area contributed by atoms with Gasteiger partial charge in [0.25, 0.3) is 0 Å². The molecule has 0 saturated carbocycles. The predicted molar refractivity (Wildman–Crippen MR) is 127 cm³/mol. The van der Waals surface area contributed by atoms with Gasteiger partial charge in [-0.3, -0.25) is 14.6 Å². The molecular formula is C23H24N5O4P. The van der Waals surface area contributed by atoms with Crippen LogP contribution in [0.2, 0.25) is 0 Å². The van der Waals surface area contributed by atoms with E-state index in [9.17, 15) is 4.57 Å². The Kier molecular flexibility index (Phi) is 5.95. The van der Waals surface area contributed by atoms with E-state index in [2.05, 4.69) is 26.1 Å². The molecule has 170 valence electrons. The molecule has 33 heavy (non-hydrogen) atoms. The molecule has 0 atom stereocenters. The molecule has 4 heterocycles. The summed E-state index contributed by atoms with van der Waals surface area (Å²) in [7, 11) is -0.557. The minimum Gasteiger partial charge on any atom is -0.378 e. The second-order valence-corrected chi connectivity index (χ2v) is 9.80. The molecule has 3 aromatic heterocycles. The van der Waals surface area contributed by atoms with E-state index in [4.69, 9.17) is 18.8 Å². The van der Waals surface area contributed by atoms with Crippen molar-refractivity contribution in [1.82, 2.24) is 20.2 Å². The van der Waals surface area contributed by atoms with Crippen molar-refractivity contribution in [2.75, 3.05) is 45.4 Å². The second-order valence-electron chi connectivity index (χ2n) is 7.56. The van der Waals surface area contributed by atoms with Crippen molar-refractivity contribution in [3.05, 3.63) is 54.9 Å². The number of nitrogens with zero attached hydrogens (tertiary/aromatic N) is 4. The summed E-state index contributed by atoms with van der Waals surface area (Å²) in [5.74, 6) is 0.859. The summed E-state index contributed by atoms with van der Waals surface area (Å²) in [5.41, 5.74) is 4.28. The molecule has 0 aliphatic carbocycles. The Hall–Kier alpha value is -3.10. The number of H-pyrrole nitrogens is 1. The van der Waals surface area contributed by atoms with Gasteiger partial charge in [-0.1, -0.05) is 12.1 Å². The van der Waals surface area contributed by atoms with E-state index >= 15 is 0 Å². The maximum absolute atomic E-state index is 12.8. The third-order valence-electron chi connectivity index (χ3n) is 5.78. The van der Waals surface area contributed by atoms with Gasteiger partial charge in [-0.2, -0.15) is 5.10 Å². The molecule has 4 aromatic rings. The second kappa shape index (κ2) is 9.03. The smallest absolute Gasteiger partial charge is 0.360 e. The van der Waals surface area contributed by atoms with Gasteiger partial charge in [0, 0.05) is 45.1 Å². The van der Waals surface area contributed by atoms with Gasteiger partial charge >= 0.3 is 7.60 Å². The molecule has 0 bridgehead atoms. The molecule has 0 radical (unpaired) electrons. The summed E-state index contributed by atoms with van der Waals surface area (Å²) in [6, 6.07) is 13.3. The van der Waals surface area contributed by atoms with Gasteiger partial charge in [0.2, 0.25) is 0 Å². The van der Waals surface area contributed by atoms with Crippen molar-refractivity contribution in [2.45, 2.75) is 0 Å². The Balaban J connectivity index is 1.69. The van der Waals surface area contributed by atoms with Gasteiger partial charge in [0.15, 0.2) is 0 Å². The van der Waals surface area contributed by atoms with Crippen molar-refractivity contribution in [3.63, 3.8) is 0 Å². The minimum atomic E-state index is -3.32. The first-order chi connectivity index (χ1) is 16.1. The lowest BCUT2D eigenvalue weighted by atomic mass is 10.00. The van der Waals surface area contributed by atoms with Crippen LogP contribution in [0.15, 0.2) is 54.9 Å². The van der Waals surface area contributed by atoms with Gasteiger partial charge in [-0.25, -0.2) is 4.98 Å². The highest BCUT2D eigenvalue weighted by Crippen LogP contribution is 2.45. The molecule has 1 saturated heterocycles.